The number of ether oxygens (including phenoxy) is 1. The van der Waals surface area contributed by atoms with Gasteiger partial charge < -0.3 is 15.0 Å². The second kappa shape index (κ2) is 9.31. The number of hydrogen-bond acceptors (Lipinski definition) is 7. The lowest BCUT2D eigenvalue weighted by atomic mass is 10.2. The van der Waals surface area contributed by atoms with E-state index in [1.165, 1.54) is 12.1 Å². The van der Waals surface area contributed by atoms with Gasteiger partial charge in [-0.1, -0.05) is 12.1 Å². The number of fused-ring (bicyclic) bond motifs is 1. The molecule has 3 aromatic rings. The molecule has 30 heavy (non-hydrogen) atoms. The number of carbonyl (C=O) groups is 1. The van der Waals surface area contributed by atoms with Crippen molar-refractivity contribution in [2.45, 2.75) is 13.2 Å². The highest BCUT2D eigenvalue weighted by Crippen LogP contribution is 2.27. The summed E-state index contributed by atoms with van der Waals surface area (Å²) >= 11 is 1.60. The molecule has 1 fully saturated rings. The summed E-state index contributed by atoms with van der Waals surface area (Å²) in [6, 6.07) is 8.28. The van der Waals surface area contributed by atoms with Gasteiger partial charge in [-0.25, -0.2) is 9.97 Å². The molecule has 0 spiro atoms. The summed E-state index contributed by atoms with van der Waals surface area (Å²) in [4.78, 5) is 26.3. The fraction of sp³-hybridized carbons (Fsp3) is 0.350. The second-order valence-corrected chi connectivity index (χ2v) is 7.79. The minimum atomic E-state index is -2.85. The first-order chi connectivity index (χ1) is 14.6. The molecule has 0 atom stereocenters. The first-order valence-corrected chi connectivity index (χ1v) is 10.4. The summed E-state index contributed by atoms with van der Waals surface area (Å²) in [5.41, 5.74) is 0.818. The lowest BCUT2D eigenvalue weighted by Crippen LogP contribution is -2.49. The van der Waals surface area contributed by atoms with Crippen molar-refractivity contribution in [2.75, 3.05) is 37.6 Å². The molecule has 0 aliphatic carbocycles. The number of alkyl halides is 2. The summed E-state index contributed by atoms with van der Waals surface area (Å²) in [5.74, 6) is 0.976. The number of thiophene rings is 1. The number of anilines is 1. The van der Waals surface area contributed by atoms with Crippen LogP contribution in [0.4, 0.5) is 14.6 Å². The largest absolute Gasteiger partial charge is 0.435 e. The molecule has 0 saturated carbocycles. The van der Waals surface area contributed by atoms with Crippen LogP contribution in [0.25, 0.3) is 10.2 Å². The molecule has 1 aliphatic heterocycles. The zero-order valence-corrected chi connectivity index (χ0v) is 16.9. The minimum absolute atomic E-state index is 0.0707. The van der Waals surface area contributed by atoms with Crippen molar-refractivity contribution in [1.29, 1.82) is 0 Å². The van der Waals surface area contributed by atoms with Crippen molar-refractivity contribution in [1.82, 2.24) is 20.2 Å². The van der Waals surface area contributed by atoms with Gasteiger partial charge in [-0.3, -0.25) is 9.69 Å². The van der Waals surface area contributed by atoms with Gasteiger partial charge in [0.05, 0.1) is 11.9 Å². The van der Waals surface area contributed by atoms with Gasteiger partial charge in [-0.15, -0.1) is 11.3 Å². The van der Waals surface area contributed by atoms with E-state index in [0.717, 1.165) is 47.8 Å². The number of piperazine rings is 1. The molecule has 1 aliphatic rings. The topological polar surface area (TPSA) is 70.6 Å². The van der Waals surface area contributed by atoms with Crippen LogP contribution in [0.3, 0.4) is 0 Å². The quantitative estimate of drug-likeness (QED) is 0.618. The maximum absolute atomic E-state index is 12.3. The molecule has 1 saturated heterocycles. The van der Waals surface area contributed by atoms with Crippen LogP contribution in [0.2, 0.25) is 0 Å². The highest BCUT2D eigenvalue weighted by molar-refractivity contribution is 7.16. The molecule has 10 heteroatoms. The van der Waals surface area contributed by atoms with Crippen LogP contribution >= 0.6 is 11.3 Å². The normalized spacial score (nSPS) is 15.0. The number of hydrogen-bond donors (Lipinski definition) is 1. The average Bonchev–Trinajstić information content (AvgIpc) is 3.22. The average molecular weight is 433 g/mol. The van der Waals surface area contributed by atoms with Crippen molar-refractivity contribution in [3.05, 3.63) is 47.6 Å². The van der Waals surface area contributed by atoms with Crippen molar-refractivity contribution in [2.24, 2.45) is 0 Å². The van der Waals surface area contributed by atoms with Crippen LogP contribution in [-0.4, -0.2) is 60.1 Å². The van der Waals surface area contributed by atoms with Crippen LogP contribution in [0.1, 0.15) is 5.56 Å². The van der Waals surface area contributed by atoms with Gasteiger partial charge in [0.1, 0.15) is 22.7 Å². The summed E-state index contributed by atoms with van der Waals surface area (Å²) in [6.45, 7) is 0.928. The van der Waals surface area contributed by atoms with Gasteiger partial charge in [0.15, 0.2) is 0 Å². The van der Waals surface area contributed by atoms with Crippen molar-refractivity contribution >= 4 is 33.3 Å². The molecule has 2 aromatic heterocycles. The van der Waals surface area contributed by atoms with E-state index in [0.29, 0.717) is 13.1 Å². The molecule has 0 unspecified atom stereocenters. The Kier molecular flexibility index (Phi) is 6.34. The first kappa shape index (κ1) is 20.4. The Balaban J connectivity index is 1.23. The number of carbonyl (C=O) groups excluding carboxylic acids is 1. The van der Waals surface area contributed by atoms with Crippen LogP contribution in [0, 0.1) is 0 Å². The number of nitrogens with one attached hydrogen (secondary N) is 1. The summed E-state index contributed by atoms with van der Waals surface area (Å²) in [5, 5.41) is 5.95. The van der Waals surface area contributed by atoms with E-state index in [2.05, 4.69) is 29.8 Å². The molecule has 0 bridgehead atoms. The van der Waals surface area contributed by atoms with E-state index < -0.39 is 6.61 Å². The van der Waals surface area contributed by atoms with E-state index in [1.807, 2.05) is 11.4 Å². The maximum atomic E-state index is 12.3. The Morgan fingerprint density at radius 1 is 1.13 bits per heavy atom. The fourth-order valence-electron chi connectivity index (χ4n) is 3.40. The highest BCUT2D eigenvalue weighted by atomic mass is 32.1. The van der Waals surface area contributed by atoms with Crippen LogP contribution in [0.15, 0.2) is 42.0 Å². The fourth-order valence-corrected chi connectivity index (χ4v) is 4.12. The minimum Gasteiger partial charge on any atom is -0.435 e. The van der Waals surface area contributed by atoms with Gasteiger partial charge in [-0.2, -0.15) is 8.78 Å². The number of benzene rings is 1. The summed E-state index contributed by atoms with van der Waals surface area (Å²) < 4.78 is 28.7. The number of rotatable bonds is 7. The third-order valence-corrected chi connectivity index (χ3v) is 5.74. The lowest BCUT2D eigenvalue weighted by molar-refractivity contribution is -0.122. The monoisotopic (exact) mass is 433 g/mol. The molecular formula is C20H21F2N5O2S. The van der Waals surface area contributed by atoms with Gasteiger partial charge >= 0.3 is 6.61 Å². The number of halogens is 2. The van der Waals surface area contributed by atoms with E-state index in [9.17, 15) is 13.6 Å². The molecular weight excluding hydrogens is 412 g/mol. The Morgan fingerprint density at radius 2 is 1.90 bits per heavy atom. The van der Waals surface area contributed by atoms with Crippen molar-refractivity contribution < 1.29 is 18.3 Å². The van der Waals surface area contributed by atoms with Gasteiger partial charge in [0.25, 0.3) is 0 Å². The van der Waals surface area contributed by atoms with Gasteiger partial charge in [-0.05, 0) is 29.1 Å². The SMILES string of the molecule is O=C(CN1CCN(c2ncnc3sccc23)CC1)NCc1ccc(OC(F)F)cc1. The molecule has 1 N–H and O–H groups in total. The molecule has 7 nitrogen and oxygen atoms in total. The van der Waals surface area contributed by atoms with E-state index in [-0.39, 0.29) is 11.7 Å². The molecule has 3 heterocycles. The number of amides is 1. The van der Waals surface area contributed by atoms with Crippen LogP contribution in [0.5, 0.6) is 5.75 Å². The summed E-state index contributed by atoms with van der Waals surface area (Å²) in [6.07, 6.45) is 1.60. The van der Waals surface area contributed by atoms with E-state index in [1.54, 1.807) is 29.8 Å². The molecule has 0 radical (unpaired) electrons. The third-order valence-electron chi connectivity index (χ3n) is 4.92. The van der Waals surface area contributed by atoms with E-state index in [4.69, 9.17) is 0 Å². The van der Waals surface area contributed by atoms with Crippen molar-refractivity contribution in [3.8, 4) is 5.75 Å². The first-order valence-electron chi connectivity index (χ1n) is 9.54. The second-order valence-electron chi connectivity index (χ2n) is 6.90. The summed E-state index contributed by atoms with van der Waals surface area (Å²) in [7, 11) is 0. The standard InChI is InChI=1S/C20H21F2N5O2S/c21-20(22)29-15-3-1-14(2-4-15)11-23-17(28)12-26-6-8-27(9-7-26)18-16-5-10-30-19(16)25-13-24-18/h1-5,10,13,20H,6-9,11-12H2,(H,23,28). The zero-order chi connectivity index (χ0) is 20.9. The van der Waals surface area contributed by atoms with Crippen LogP contribution < -0.4 is 15.0 Å². The van der Waals surface area contributed by atoms with E-state index >= 15 is 0 Å². The predicted molar refractivity (Wildman–Crippen MR) is 111 cm³/mol. The van der Waals surface area contributed by atoms with Crippen molar-refractivity contribution in [3.63, 3.8) is 0 Å². The Bertz CT molecular complexity index is 990. The Hall–Kier alpha value is -2.85. The van der Waals surface area contributed by atoms with Crippen LogP contribution in [-0.2, 0) is 11.3 Å². The zero-order valence-electron chi connectivity index (χ0n) is 16.1. The number of aromatic nitrogens is 2. The Morgan fingerprint density at radius 3 is 2.63 bits per heavy atom. The lowest BCUT2D eigenvalue weighted by Gasteiger charge is -2.35. The maximum Gasteiger partial charge on any atom is 0.387 e. The Labute approximate surface area is 176 Å². The highest BCUT2D eigenvalue weighted by Gasteiger charge is 2.21. The van der Waals surface area contributed by atoms with Gasteiger partial charge in [0, 0.05) is 32.7 Å². The van der Waals surface area contributed by atoms with Gasteiger partial charge in [0.2, 0.25) is 5.91 Å². The third kappa shape index (κ3) is 5.00. The predicted octanol–water partition coefficient (Wildman–Crippen LogP) is 2.73. The molecule has 1 amide bonds. The molecule has 158 valence electrons. The number of nitrogens with zero attached hydrogens (tertiary/aromatic N) is 4. The molecule has 4 rings (SSSR count). The smallest absolute Gasteiger partial charge is 0.387 e. The molecule has 1 aromatic carbocycles.